The summed E-state index contributed by atoms with van der Waals surface area (Å²) < 4.78 is 0. The summed E-state index contributed by atoms with van der Waals surface area (Å²) in [5, 5.41) is 15.3. The zero-order valence-electron chi connectivity index (χ0n) is 13.8. The van der Waals surface area contributed by atoms with E-state index in [0.29, 0.717) is 18.4 Å². The van der Waals surface area contributed by atoms with Crippen molar-refractivity contribution in [2.24, 2.45) is 0 Å². The number of aliphatic hydroxyl groups is 1. The Labute approximate surface area is 132 Å². The molecule has 0 unspecified atom stereocenters. The number of hydrogen-bond acceptors (Lipinski definition) is 3. The van der Waals surface area contributed by atoms with Crippen molar-refractivity contribution in [3.63, 3.8) is 0 Å². The van der Waals surface area contributed by atoms with Gasteiger partial charge in [0, 0.05) is 12.1 Å². The standard InChI is InChI=1S/C17H26N2O3/c1-5-17(22,6-2)11-19-15(20)10-18-16(21)14-8-12(3)7-13(4)9-14/h7-9,22H,5-6,10-11H2,1-4H3,(H,18,21)(H,19,20). The highest BCUT2D eigenvalue weighted by Gasteiger charge is 2.22. The predicted octanol–water partition coefficient (Wildman–Crippen LogP) is 1.70. The van der Waals surface area contributed by atoms with Gasteiger partial charge in [-0.3, -0.25) is 9.59 Å². The van der Waals surface area contributed by atoms with Crippen LogP contribution in [0.15, 0.2) is 18.2 Å². The van der Waals surface area contributed by atoms with Gasteiger partial charge in [0.1, 0.15) is 0 Å². The van der Waals surface area contributed by atoms with E-state index in [0.717, 1.165) is 11.1 Å². The molecule has 122 valence electrons. The first kappa shape index (κ1) is 18.2. The van der Waals surface area contributed by atoms with E-state index < -0.39 is 5.60 Å². The number of nitrogens with one attached hydrogen (secondary N) is 2. The van der Waals surface area contributed by atoms with Gasteiger partial charge in [0.25, 0.3) is 5.91 Å². The molecule has 5 heteroatoms. The highest BCUT2D eigenvalue weighted by Crippen LogP contribution is 2.12. The van der Waals surface area contributed by atoms with Crippen LogP contribution in [0.2, 0.25) is 0 Å². The summed E-state index contributed by atoms with van der Waals surface area (Å²) in [5.41, 5.74) is 1.67. The predicted molar refractivity (Wildman–Crippen MR) is 86.8 cm³/mol. The Morgan fingerprint density at radius 1 is 1.05 bits per heavy atom. The van der Waals surface area contributed by atoms with Gasteiger partial charge in [-0.05, 0) is 38.8 Å². The summed E-state index contributed by atoms with van der Waals surface area (Å²) in [5.74, 6) is -0.582. The van der Waals surface area contributed by atoms with Gasteiger partial charge in [-0.2, -0.15) is 0 Å². The number of benzene rings is 1. The van der Waals surface area contributed by atoms with Crippen LogP contribution in [0.1, 0.15) is 48.2 Å². The van der Waals surface area contributed by atoms with Gasteiger partial charge in [-0.15, -0.1) is 0 Å². The largest absolute Gasteiger partial charge is 0.388 e. The lowest BCUT2D eigenvalue weighted by atomic mass is 9.98. The molecule has 1 aromatic carbocycles. The lowest BCUT2D eigenvalue weighted by molar-refractivity contribution is -0.121. The Balaban J connectivity index is 2.48. The smallest absolute Gasteiger partial charge is 0.251 e. The zero-order chi connectivity index (χ0) is 16.8. The molecular formula is C17H26N2O3. The molecule has 1 rings (SSSR count). The molecule has 0 aromatic heterocycles. The molecule has 0 aliphatic rings. The average Bonchev–Trinajstić information content (AvgIpc) is 2.49. The Bertz CT molecular complexity index is 516. The Morgan fingerprint density at radius 3 is 2.09 bits per heavy atom. The van der Waals surface area contributed by atoms with Gasteiger partial charge in [-0.25, -0.2) is 0 Å². The number of rotatable bonds is 7. The van der Waals surface area contributed by atoms with Crippen LogP contribution in [0.25, 0.3) is 0 Å². The minimum Gasteiger partial charge on any atom is -0.388 e. The fourth-order valence-corrected chi connectivity index (χ4v) is 2.19. The van der Waals surface area contributed by atoms with Crippen molar-refractivity contribution in [1.29, 1.82) is 0 Å². The van der Waals surface area contributed by atoms with Gasteiger partial charge in [0.2, 0.25) is 5.91 Å². The maximum Gasteiger partial charge on any atom is 0.251 e. The van der Waals surface area contributed by atoms with Crippen LogP contribution < -0.4 is 10.6 Å². The molecule has 0 aliphatic carbocycles. The van der Waals surface area contributed by atoms with Crippen LogP contribution in [0.5, 0.6) is 0 Å². The van der Waals surface area contributed by atoms with E-state index in [1.807, 2.05) is 33.8 Å². The Hall–Kier alpha value is -1.88. The van der Waals surface area contributed by atoms with Crippen molar-refractivity contribution >= 4 is 11.8 Å². The molecule has 0 spiro atoms. The van der Waals surface area contributed by atoms with E-state index in [2.05, 4.69) is 10.6 Å². The lowest BCUT2D eigenvalue weighted by Crippen LogP contribution is -2.45. The summed E-state index contributed by atoms with van der Waals surface area (Å²) >= 11 is 0. The summed E-state index contributed by atoms with van der Waals surface area (Å²) in [6, 6.07) is 5.56. The summed E-state index contributed by atoms with van der Waals surface area (Å²) in [6.45, 7) is 7.68. The van der Waals surface area contributed by atoms with E-state index in [1.54, 1.807) is 12.1 Å². The fraction of sp³-hybridized carbons (Fsp3) is 0.529. The molecule has 0 saturated heterocycles. The average molecular weight is 306 g/mol. The van der Waals surface area contributed by atoms with E-state index in [1.165, 1.54) is 0 Å². The third kappa shape index (κ3) is 5.48. The van der Waals surface area contributed by atoms with Crippen molar-refractivity contribution in [3.05, 3.63) is 34.9 Å². The van der Waals surface area contributed by atoms with Crippen molar-refractivity contribution in [2.75, 3.05) is 13.1 Å². The molecule has 0 atom stereocenters. The number of aryl methyl sites for hydroxylation is 2. The molecular weight excluding hydrogens is 280 g/mol. The molecule has 2 amide bonds. The highest BCUT2D eigenvalue weighted by molar-refractivity contribution is 5.96. The van der Waals surface area contributed by atoms with Gasteiger partial charge >= 0.3 is 0 Å². The monoisotopic (exact) mass is 306 g/mol. The Morgan fingerprint density at radius 2 is 1.59 bits per heavy atom. The van der Waals surface area contributed by atoms with Gasteiger partial charge in [-0.1, -0.05) is 31.0 Å². The topological polar surface area (TPSA) is 78.4 Å². The number of amides is 2. The van der Waals surface area contributed by atoms with Crippen LogP contribution in [-0.4, -0.2) is 35.6 Å². The van der Waals surface area contributed by atoms with Crippen LogP contribution >= 0.6 is 0 Å². The second-order valence-corrected chi connectivity index (χ2v) is 5.77. The third-order valence-corrected chi connectivity index (χ3v) is 3.82. The molecule has 3 N–H and O–H groups in total. The summed E-state index contributed by atoms with van der Waals surface area (Å²) in [7, 11) is 0. The van der Waals surface area contributed by atoms with Crippen molar-refractivity contribution in [1.82, 2.24) is 10.6 Å². The SMILES string of the molecule is CCC(O)(CC)CNC(=O)CNC(=O)c1cc(C)cc(C)c1. The molecule has 0 saturated carbocycles. The second kappa shape index (κ2) is 7.94. The van der Waals surface area contributed by atoms with Crippen LogP contribution in [0.3, 0.4) is 0 Å². The minimum absolute atomic E-state index is 0.102. The molecule has 0 heterocycles. The van der Waals surface area contributed by atoms with Gasteiger partial charge in [0.15, 0.2) is 0 Å². The van der Waals surface area contributed by atoms with E-state index in [4.69, 9.17) is 0 Å². The zero-order valence-corrected chi connectivity index (χ0v) is 13.8. The molecule has 0 fully saturated rings. The molecule has 1 aromatic rings. The van der Waals surface area contributed by atoms with Crippen molar-refractivity contribution < 1.29 is 14.7 Å². The first-order chi connectivity index (χ1) is 10.3. The first-order valence-electron chi connectivity index (χ1n) is 7.65. The molecule has 0 radical (unpaired) electrons. The van der Waals surface area contributed by atoms with E-state index in [-0.39, 0.29) is 24.9 Å². The highest BCUT2D eigenvalue weighted by atomic mass is 16.3. The second-order valence-electron chi connectivity index (χ2n) is 5.77. The number of carbonyl (C=O) groups excluding carboxylic acids is 2. The Kier molecular flexibility index (Phi) is 6.56. The fourth-order valence-electron chi connectivity index (χ4n) is 2.19. The van der Waals surface area contributed by atoms with Crippen molar-refractivity contribution in [3.8, 4) is 0 Å². The van der Waals surface area contributed by atoms with Crippen molar-refractivity contribution in [2.45, 2.75) is 46.1 Å². The first-order valence-corrected chi connectivity index (χ1v) is 7.65. The molecule has 5 nitrogen and oxygen atoms in total. The van der Waals surface area contributed by atoms with Crippen LogP contribution in [0.4, 0.5) is 0 Å². The number of hydrogen-bond donors (Lipinski definition) is 3. The number of carbonyl (C=O) groups is 2. The van der Waals surface area contributed by atoms with Crippen LogP contribution in [0, 0.1) is 13.8 Å². The van der Waals surface area contributed by atoms with Gasteiger partial charge in [0.05, 0.1) is 12.1 Å². The summed E-state index contributed by atoms with van der Waals surface area (Å²) in [4.78, 5) is 23.8. The van der Waals surface area contributed by atoms with E-state index in [9.17, 15) is 14.7 Å². The summed E-state index contributed by atoms with van der Waals surface area (Å²) in [6.07, 6.45) is 1.14. The van der Waals surface area contributed by atoms with E-state index >= 15 is 0 Å². The van der Waals surface area contributed by atoms with Gasteiger partial charge < -0.3 is 15.7 Å². The third-order valence-electron chi connectivity index (χ3n) is 3.82. The molecule has 0 bridgehead atoms. The maximum absolute atomic E-state index is 12.0. The minimum atomic E-state index is -0.882. The maximum atomic E-state index is 12.0. The normalized spacial score (nSPS) is 11.1. The molecule has 22 heavy (non-hydrogen) atoms. The quantitative estimate of drug-likeness (QED) is 0.717. The molecule has 0 aliphatic heterocycles. The lowest BCUT2D eigenvalue weighted by Gasteiger charge is -2.25. The van der Waals surface area contributed by atoms with Crippen LogP contribution in [-0.2, 0) is 4.79 Å².